The highest BCUT2D eigenvalue weighted by Crippen LogP contribution is 2.36. The van der Waals surface area contributed by atoms with Crippen LogP contribution in [0, 0.1) is 11.3 Å². The second kappa shape index (κ2) is 4.67. The van der Waals surface area contributed by atoms with E-state index in [1.807, 2.05) is 31.6 Å². The van der Waals surface area contributed by atoms with Crippen LogP contribution in [0.3, 0.4) is 0 Å². The Morgan fingerprint density at radius 1 is 1.47 bits per heavy atom. The van der Waals surface area contributed by atoms with Gasteiger partial charge in [-0.3, -0.25) is 0 Å². The lowest BCUT2D eigenvalue weighted by molar-refractivity contribution is 0.244. The molecule has 2 atom stereocenters. The Kier molecular flexibility index (Phi) is 3.00. The van der Waals surface area contributed by atoms with Gasteiger partial charge in [-0.2, -0.15) is 5.26 Å². The molecule has 4 nitrogen and oxygen atoms in total. The molecule has 4 heteroatoms. The summed E-state index contributed by atoms with van der Waals surface area (Å²) in [5.74, 6) is 0. The van der Waals surface area contributed by atoms with Gasteiger partial charge >= 0.3 is 0 Å². The number of fused-ring (bicyclic) bond motifs is 1. The van der Waals surface area contributed by atoms with Gasteiger partial charge in [-0.1, -0.05) is 12.1 Å². The van der Waals surface area contributed by atoms with Crippen molar-refractivity contribution < 1.29 is 0 Å². The number of hydrogen-bond acceptors (Lipinski definition) is 3. The fourth-order valence-electron chi connectivity index (χ4n) is 3.14. The van der Waals surface area contributed by atoms with E-state index in [0.29, 0.717) is 6.04 Å². The Hall–Kier alpha value is -1.86. The lowest BCUT2D eigenvalue weighted by Crippen LogP contribution is -2.45. The van der Waals surface area contributed by atoms with Gasteiger partial charge in [0.25, 0.3) is 0 Å². The van der Waals surface area contributed by atoms with E-state index in [4.69, 9.17) is 0 Å². The van der Waals surface area contributed by atoms with Crippen molar-refractivity contribution in [2.24, 2.45) is 0 Å². The monoisotopic (exact) mass is 254 g/mol. The van der Waals surface area contributed by atoms with Crippen molar-refractivity contribution in [3.63, 3.8) is 0 Å². The molecular formula is C15H18N4. The number of imidazole rings is 1. The van der Waals surface area contributed by atoms with Crippen molar-refractivity contribution in [2.45, 2.75) is 37.3 Å². The van der Waals surface area contributed by atoms with Gasteiger partial charge < -0.3 is 9.88 Å². The molecule has 1 saturated carbocycles. The molecule has 1 aromatic heterocycles. The minimum atomic E-state index is -0.381. The Morgan fingerprint density at radius 3 is 3.11 bits per heavy atom. The van der Waals surface area contributed by atoms with E-state index in [9.17, 15) is 5.26 Å². The summed E-state index contributed by atoms with van der Waals surface area (Å²) in [5, 5.41) is 12.6. The van der Waals surface area contributed by atoms with Crippen LogP contribution in [0.1, 0.15) is 31.7 Å². The molecule has 0 saturated heterocycles. The van der Waals surface area contributed by atoms with Crippen LogP contribution in [0.2, 0.25) is 0 Å². The summed E-state index contributed by atoms with van der Waals surface area (Å²) in [6.45, 7) is 0. The highest BCUT2D eigenvalue weighted by molar-refractivity contribution is 5.75. The molecule has 1 aliphatic carbocycles. The molecule has 19 heavy (non-hydrogen) atoms. The predicted octanol–water partition coefficient (Wildman–Crippen LogP) is 2.63. The topological polar surface area (TPSA) is 53.6 Å². The Labute approximate surface area is 113 Å². The average molecular weight is 254 g/mol. The van der Waals surface area contributed by atoms with Crippen molar-refractivity contribution in [1.29, 1.82) is 5.26 Å². The molecule has 1 fully saturated rings. The van der Waals surface area contributed by atoms with Gasteiger partial charge in [0.15, 0.2) is 0 Å². The summed E-state index contributed by atoms with van der Waals surface area (Å²) in [6, 6.07) is 11.0. The molecule has 1 aromatic carbocycles. The molecule has 3 rings (SSSR count). The van der Waals surface area contributed by atoms with Gasteiger partial charge in [0.1, 0.15) is 5.54 Å². The quantitative estimate of drug-likeness (QED) is 0.896. The van der Waals surface area contributed by atoms with Gasteiger partial charge in [0.05, 0.1) is 23.4 Å². The van der Waals surface area contributed by atoms with Crippen LogP contribution in [0.25, 0.3) is 11.0 Å². The standard InChI is InChI=1S/C15H18N4/c1-17-15(10-16)8-4-5-12(9-15)19-11-18-13-6-2-3-7-14(13)19/h2-3,6-7,11-12,17H,4-5,8-9H2,1H3. The lowest BCUT2D eigenvalue weighted by Gasteiger charge is -2.36. The van der Waals surface area contributed by atoms with Crippen LogP contribution >= 0.6 is 0 Å². The third-order valence-corrected chi connectivity index (χ3v) is 4.29. The number of nitriles is 1. The van der Waals surface area contributed by atoms with Gasteiger partial charge in [-0.05, 0) is 44.9 Å². The lowest BCUT2D eigenvalue weighted by atomic mass is 9.80. The van der Waals surface area contributed by atoms with Gasteiger partial charge in [0, 0.05) is 6.04 Å². The first-order chi connectivity index (χ1) is 9.28. The van der Waals surface area contributed by atoms with Crippen LogP contribution in [0.15, 0.2) is 30.6 Å². The summed E-state index contributed by atoms with van der Waals surface area (Å²) in [5.41, 5.74) is 1.81. The Balaban J connectivity index is 1.96. The van der Waals surface area contributed by atoms with Crippen LogP contribution < -0.4 is 5.32 Å². The predicted molar refractivity (Wildman–Crippen MR) is 74.6 cm³/mol. The third kappa shape index (κ3) is 2.00. The highest BCUT2D eigenvalue weighted by Gasteiger charge is 2.36. The smallest absolute Gasteiger partial charge is 0.108 e. The van der Waals surface area contributed by atoms with Crippen LogP contribution in [-0.2, 0) is 0 Å². The molecule has 1 N–H and O–H groups in total. The summed E-state index contributed by atoms with van der Waals surface area (Å²) in [4.78, 5) is 4.45. The first-order valence-corrected chi connectivity index (χ1v) is 6.80. The van der Waals surface area contributed by atoms with E-state index >= 15 is 0 Å². The molecule has 0 aliphatic heterocycles. The Bertz CT molecular complexity index is 624. The summed E-state index contributed by atoms with van der Waals surface area (Å²) < 4.78 is 2.23. The van der Waals surface area contributed by atoms with Crippen molar-refractivity contribution in [2.75, 3.05) is 7.05 Å². The van der Waals surface area contributed by atoms with E-state index in [1.54, 1.807) is 0 Å². The number of hydrogen-bond donors (Lipinski definition) is 1. The van der Waals surface area contributed by atoms with Crippen molar-refractivity contribution >= 4 is 11.0 Å². The van der Waals surface area contributed by atoms with Gasteiger partial charge in [-0.25, -0.2) is 4.98 Å². The largest absolute Gasteiger partial charge is 0.327 e. The fraction of sp³-hybridized carbons (Fsp3) is 0.467. The number of nitrogens with zero attached hydrogens (tertiary/aromatic N) is 3. The van der Waals surface area contributed by atoms with Gasteiger partial charge in [-0.15, -0.1) is 0 Å². The number of benzene rings is 1. The van der Waals surface area contributed by atoms with E-state index < -0.39 is 0 Å². The SMILES string of the molecule is CNC1(C#N)CCCC(n2cnc3ccccc32)C1. The Morgan fingerprint density at radius 2 is 2.32 bits per heavy atom. The van der Waals surface area contributed by atoms with E-state index in [0.717, 1.165) is 36.7 Å². The number of nitrogens with one attached hydrogen (secondary N) is 1. The van der Waals surface area contributed by atoms with Crippen LogP contribution in [0.5, 0.6) is 0 Å². The van der Waals surface area contributed by atoms with Crippen LogP contribution in [0.4, 0.5) is 0 Å². The number of para-hydroxylation sites is 2. The maximum absolute atomic E-state index is 9.43. The van der Waals surface area contributed by atoms with Crippen LogP contribution in [-0.4, -0.2) is 22.1 Å². The number of aromatic nitrogens is 2. The van der Waals surface area contributed by atoms with Crippen molar-refractivity contribution in [3.8, 4) is 6.07 Å². The zero-order chi connectivity index (χ0) is 13.3. The molecular weight excluding hydrogens is 236 g/mol. The fourth-order valence-corrected chi connectivity index (χ4v) is 3.14. The van der Waals surface area contributed by atoms with Crippen molar-refractivity contribution in [3.05, 3.63) is 30.6 Å². The minimum absolute atomic E-state index is 0.355. The normalized spacial score (nSPS) is 27.3. The van der Waals surface area contributed by atoms with E-state index in [1.165, 1.54) is 0 Å². The second-order valence-electron chi connectivity index (χ2n) is 5.33. The molecule has 2 unspecified atom stereocenters. The first kappa shape index (κ1) is 12.2. The zero-order valence-corrected chi connectivity index (χ0v) is 11.1. The minimum Gasteiger partial charge on any atom is -0.327 e. The molecule has 0 spiro atoms. The molecule has 0 amide bonds. The molecule has 0 radical (unpaired) electrons. The third-order valence-electron chi connectivity index (χ3n) is 4.29. The number of rotatable bonds is 2. The van der Waals surface area contributed by atoms with Crippen molar-refractivity contribution in [1.82, 2.24) is 14.9 Å². The molecule has 2 aromatic rings. The average Bonchev–Trinajstić information content (AvgIpc) is 2.91. The highest BCUT2D eigenvalue weighted by atomic mass is 15.1. The second-order valence-corrected chi connectivity index (χ2v) is 5.33. The zero-order valence-electron chi connectivity index (χ0n) is 11.1. The molecule has 98 valence electrons. The summed E-state index contributed by atoms with van der Waals surface area (Å²) >= 11 is 0. The molecule has 1 heterocycles. The molecule has 1 aliphatic rings. The maximum Gasteiger partial charge on any atom is 0.108 e. The van der Waals surface area contributed by atoms with E-state index in [-0.39, 0.29) is 5.54 Å². The van der Waals surface area contributed by atoms with Gasteiger partial charge in [0.2, 0.25) is 0 Å². The first-order valence-electron chi connectivity index (χ1n) is 6.80. The van der Waals surface area contributed by atoms with E-state index in [2.05, 4.69) is 27.0 Å². The molecule has 0 bridgehead atoms. The maximum atomic E-state index is 9.43. The summed E-state index contributed by atoms with van der Waals surface area (Å²) in [7, 11) is 1.89. The summed E-state index contributed by atoms with van der Waals surface area (Å²) in [6.07, 6.45) is 5.89.